The Hall–Kier alpha value is -1.36. The van der Waals surface area contributed by atoms with Gasteiger partial charge in [0.25, 0.3) is 0 Å². The summed E-state index contributed by atoms with van der Waals surface area (Å²) in [6, 6.07) is 0. The molecule has 0 radical (unpaired) electrons. The van der Waals surface area contributed by atoms with Crippen LogP contribution in [0.4, 0.5) is 0 Å². The number of aromatic hydroxyl groups is 2. The number of carbonyl (C=O) groups excluding carboxylic acids is 2. The number of hydrogen-bond acceptors (Lipinski definition) is 5. The predicted molar refractivity (Wildman–Crippen MR) is 75.2 cm³/mol. The van der Waals surface area contributed by atoms with E-state index in [2.05, 4.69) is 0 Å². The van der Waals surface area contributed by atoms with Crippen molar-refractivity contribution in [3.63, 3.8) is 0 Å². The molecule has 0 unspecified atom stereocenters. The van der Waals surface area contributed by atoms with Crippen LogP contribution in [0.2, 0.25) is 0 Å². The van der Waals surface area contributed by atoms with E-state index in [1.165, 1.54) is 0 Å². The van der Waals surface area contributed by atoms with E-state index in [1.807, 2.05) is 27.7 Å². The Morgan fingerprint density at radius 2 is 1.21 bits per heavy atom. The van der Waals surface area contributed by atoms with Gasteiger partial charge in [0.2, 0.25) is 0 Å². The van der Waals surface area contributed by atoms with Crippen molar-refractivity contribution in [3.8, 4) is 11.5 Å². The lowest BCUT2D eigenvalue weighted by Gasteiger charge is -2.01. The van der Waals surface area contributed by atoms with Crippen LogP contribution in [0.1, 0.15) is 59.9 Å². The molecule has 0 aliphatic rings. The summed E-state index contributed by atoms with van der Waals surface area (Å²) < 4.78 is 0. The van der Waals surface area contributed by atoms with Crippen LogP contribution in [0.25, 0.3) is 0 Å². The first-order chi connectivity index (χ1) is 8.73. The van der Waals surface area contributed by atoms with E-state index < -0.39 is 11.5 Å². The zero-order valence-corrected chi connectivity index (χ0v) is 12.5. The summed E-state index contributed by atoms with van der Waals surface area (Å²) in [5.74, 6) is -1.07. The summed E-state index contributed by atoms with van der Waals surface area (Å²) in [7, 11) is 0. The van der Waals surface area contributed by atoms with Crippen LogP contribution in [0.15, 0.2) is 0 Å². The normalized spacial score (nSPS) is 11.3. The van der Waals surface area contributed by atoms with Crippen molar-refractivity contribution in [1.82, 2.24) is 0 Å². The average Bonchev–Trinajstić information content (AvgIpc) is 2.54. The third kappa shape index (κ3) is 3.80. The molecular weight excluding hydrogens is 264 g/mol. The molecule has 1 aromatic heterocycles. The maximum absolute atomic E-state index is 11.9. The number of rotatable bonds is 6. The quantitative estimate of drug-likeness (QED) is 0.782. The third-order valence-corrected chi connectivity index (χ3v) is 3.80. The van der Waals surface area contributed by atoms with E-state index in [-0.39, 0.29) is 46.0 Å². The average molecular weight is 284 g/mol. The lowest BCUT2D eigenvalue weighted by Crippen LogP contribution is -2.02. The summed E-state index contributed by atoms with van der Waals surface area (Å²) in [6.45, 7) is 7.58. The maximum atomic E-state index is 11.9. The minimum Gasteiger partial charge on any atom is -0.503 e. The SMILES string of the molecule is CC(C)CC(=O)c1sc(C(=O)CC(C)C)c(O)c1O. The number of thiophene rings is 1. The molecule has 2 N–H and O–H groups in total. The van der Waals surface area contributed by atoms with Gasteiger partial charge in [-0.05, 0) is 11.8 Å². The minimum atomic E-state index is -0.456. The number of hydrogen-bond donors (Lipinski definition) is 2. The highest BCUT2D eigenvalue weighted by Crippen LogP contribution is 2.42. The van der Waals surface area contributed by atoms with Crippen LogP contribution in [0, 0.1) is 11.8 Å². The van der Waals surface area contributed by atoms with Gasteiger partial charge in [-0.2, -0.15) is 0 Å². The van der Waals surface area contributed by atoms with Crippen molar-refractivity contribution in [2.75, 3.05) is 0 Å². The topological polar surface area (TPSA) is 74.6 Å². The fourth-order valence-corrected chi connectivity index (χ4v) is 2.70. The van der Waals surface area contributed by atoms with Crippen molar-refractivity contribution in [3.05, 3.63) is 9.75 Å². The summed E-state index contributed by atoms with van der Waals surface area (Å²) in [5.41, 5.74) is 0. The Morgan fingerprint density at radius 1 is 0.895 bits per heavy atom. The molecule has 0 amide bonds. The molecule has 0 bridgehead atoms. The van der Waals surface area contributed by atoms with Gasteiger partial charge in [-0.25, -0.2) is 0 Å². The Morgan fingerprint density at radius 3 is 1.47 bits per heavy atom. The molecule has 0 fully saturated rings. The predicted octanol–water partition coefficient (Wildman–Crippen LogP) is 3.62. The van der Waals surface area contributed by atoms with Gasteiger partial charge in [0.15, 0.2) is 23.1 Å². The first-order valence-electron chi connectivity index (χ1n) is 6.35. The Labute approximate surface area is 117 Å². The van der Waals surface area contributed by atoms with E-state index in [0.717, 1.165) is 11.3 Å². The molecule has 0 saturated heterocycles. The van der Waals surface area contributed by atoms with Crippen molar-refractivity contribution < 1.29 is 19.8 Å². The molecular formula is C14H20O4S. The number of carbonyl (C=O) groups is 2. The first-order valence-corrected chi connectivity index (χ1v) is 7.16. The van der Waals surface area contributed by atoms with Crippen LogP contribution in [0.3, 0.4) is 0 Å². The first kappa shape index (κ1) is 15.7. The summed E-state index contributed by atoms with van der Waals surface area (Å²) in [5, 5.41) is 19.5. The van der Waals surface area contributed by atoms with Crippen molar-refractivity contribution in [1.29, 1.82) is 0 Å². The molecule has 106 valence electrons. The molecule has 0 aliphatic carbocycles. The van der Waals surface area contributed by atoms with Gasteiger partial charge < -0.3 is 10.2 Å². The molecule has 1 aromatic rings. The maximum Gasteiger partial charge on any atom is 0.180 e. The molecule has 0 aromatic carbocycles. The molecule has 4 nitrogen and oxygen atoms in total. The summed E-state index contributed by atoms with van der Waals surface area (Å²) in [4.78, 5) is 24.0. The molecule has 0 atom stereocenters. The second-order valence-electron chi connectivity index (χ2n) is 5.50. The number of Topliss-reactive ketones (excluding diaryl/α,β-unsaturated/α-hetero) is 2. The monoisotopic (exact) mass is 284 g/mol. The highest BCUT2D eigenvalue weighted by molar-refractivity contribution is 7.16. The van der Waals surface area contributed by atoms with Gasteiger partial charge in [0.1, 0.15) is 9.75 Å². The second kappa shape index (κ2) is 6.19. The van der Waals surface area contributed by atoms with Gasteiger partial charge in [-0.1, -0.05) is 27.7 Å². The van der Waals surface area contributed by atoms with Gasteiger partial charge >= 0.3 is 0 Å². The van der Waals surface area contributed by atoms with Gasteiger partial charge in [-0.15, -0.1) is 11.3 Å². The van der Waals surface area contributed by atoms with E-state index in [4.69, 9.17) is 0 Å². The molecule has 5 heteroatoms. The number of ketones is 2. The standard InChI is InChI=1S/C14H20O4S/c1-7(2)5-9(15)13-11(17)12(18)14(19-13)10(16)6-8(3)4/h7-8,17-18H,5-6H2,1-4H3. The largest absolute Gasteiger partial charge is 0.503 e. The molecule has 0 aliphatic heterocycles. The van der Waals surface area contributed by atoms with Crippen molar-refractivity contribution in [2.24, 2.45) is 11.8 Å². The van der Waals surface area contributed by atoms with Crippen LogP contribution in [0.5, 0.6) is 11.5 Å². The van der Waals surface area contributed by atoms with Gasteiger partial charge in [0, 0.05) is 12.8 Å². The summed E-state index contributed by atoms with van der Waals surface area (Å²) >= 11 is 0.887. The minimum absolute atomic E-state index is 0.0818. The Kier molecular flexibility index (Phi) is 5.11. The Balaban J connectivity index is 3.05. The Bertz CT molecular complexity index is 443. The molecule has 19 heavy (non-hydrogen) atoms. The van der Waals surface area contributed by atoms with Crippen LogP contribution in [-0.2, 0) is 0 Å². The van der Waals surface area contributed by atoms with Gasteiger partial charge in [0.05, 0.1) is 0 Å². The highest BCUT2D eigenvalue weighted by atomic mass is 32.1. The van der Waals surface area contributed by atoms with E-state index in [1.54, 1.807) is 0 Å². The molecule has 1 heterocycles. The zero-order valence-electron chi connectivity index (χ0n) is 11.7. The molecule has 1 rings (SSSR count). The summed E-state index contributed by atoms with van der Waals surface area (Å²) in [6.07, 6.45) is 0.566. The van der Waals surface area contributed by atoms with E-state index in [9.17, 15) is 19.8 Å². The smallest absolute Gasteiger partial charge is 0.180 e. The fourth-order valence-electron chi connectivity index (χ4n) is 1.72. The second-order valence-corrected chi connectivity index (χ2v) is 6.52. The van der Waals surface area contributed by atoms with Crippen LogP contribution in [-0.4, -0.2) is 21.8 Å². The van der Waals surface area contributed by atoms with Crippen LogP contribution >= 0.6 is 11.3 Å². The van der Waals surface area contributed by atoms with Crippen molar-refractivity contribution in [2.45, 2.75) is 40.5 Å². The molecule has 0 saturated carbocycles. The zero-order chi connectivity index (χ0) is 14.7. The van der Waals surface area contributed by atoms with Crippen LogP contribution < -0.4 is 0 Å². The molecule has 0 spiro atoms. The van der Waals surface area contributed by atoms with E-state index >= 15 is 0 Å². The fraction of sp³-hybridized carbons (Fsp3) is 0.571. The van der Waals surface area contributed by atoms with Crippen molar-refractivity contribution >= 4 is 22.9 Å². The third-order valence-electron chi connectivity index (χ3n) is 2.55. The van der Waals surface area contributed by atoms with Gasteiger partial charge in [-0.3, -0.25) is 9.59 Å². The highest BCUT2D eigenvalue weighted by Gasteiger charge is 2.26. The lowest BCUT2D eigenvalue weighted by atomic mass is 10.0. The lowest BCUT2D eigenvalue weighted by molar-refractivity contribution is 0.0960. The van der Waals surface area contributed by atoms with E-state index in [0.29, 0.717) is 0 Å².